The highest BCUT2D eigenvalue weighted by molar-refractivity contribution is 7.47. The molecule has 0 amide bonds. The average Bonchev–Trinajstić information content (AvgIpc) is 3.18. The molecule has 0 bridgehead atoms. The fraction of sp³-hybridized carbons (Fsp3) is 0.643. The van der Waals surface area contributed by atoms with E-state index >= 15 is 0 Å². The molecule has 0 radical (unpaired) electrons. The van der Waals surface area contributed by atoms with Gasteiger partial charge in [-0.05, 0) is 4.92 Å². The summed E-state index contributed by atoms with van der Waals surface area (Å²) in [6, 6.07) is 0. The summed E-state index contributed by atoms with van der Waals surface area (Å²) < 4.78 is 15.9. The van der Waals surface area contributed by atoms with E-state index in [-0.39, 0.29) is 12.6 Å². The number of ether oxygens (including phenoxy) is 1. The lowest BCUT2D eigenvalue weighted by molar-refractivity contribution is -0.396. The molecule has 1 aliphatic heterocycles. The van der Waals surface area contributed by atoms with Gasteiger partial charge in [0.15, 0.2) is 8.45 Å². The maximum absolute atomic E-state index is 10.8. The van der Waals surface area contributed by atoms with Crippen molar-refractivity contribution in [2.75, 3.05) is 45.0 Å². The quantitative estimate of drug-likeness (QED) is 0.208. The third-order valence-corrected chi connectivity index (χ3v) is 5.92. The topological polar surface area (TPSA) is 85.9 Å². The summed E-state index contributed by atoms with van der Waals surface area (Å²) in [6.45, 7) is 3.54. The summed E-state index contributed by atoms with van der Waals surface area (Å²) in [7, 11) is 2.12. The first-order valence-electron chi connectivity index (χ1n) is 7.68. The number of hydrogen-bond donors (Lipinski definition) is 0. The molecule has 146 valence electrons. The third kappa shape index (κ3) is 6.54. The van der Waals surface area contributed by atoms with Gasteiger partial charge in [-0.2, -0.15) is 0 Å². The Hall–Kier alpha value is -1.14. The predicted molar refractivity (Wildman–Crippen MR) is 102 cm³/mol. The zero-order valence-electron chi connectivity index (χ0n) is 14.7. The number of nitrogens with zero attached hydrogens (tertiary/aromatic N) is 5. The van der Waals surface area contributed by atoms with Crippen molar-refractivity contribution >= 4 is 37.6 Å². The van der Waals surface area contributed by atoms with Crippen molar-refractivity contribution in [2.24, 2.45) is 7.05 Å². The molecule has 1 aromatic heterocycles. The molecule has 1 aliphatic rings. The van der Waals surface area contributed by atoms with Crippen LogP contribution < -0.4 is 0 Å². The minimum absolute atomic E-state index is 0.187. The van der Waals surface area contributed by atoms with Gasteiger partial charge in [-0.1, -0.05) is 11.4 Å². The summed E-state index contributed by atoms with van der Waals surface area (Å²) >= 11 is 11.7. The molecule has 0 atom stereocenters. The molecule has 0 unspecified atom stereocenters. The molecule has 2 rings (SSSR count). The smallest absolute Gasteiger partial charge is 0.434 e. The third-order valence-electron chi connectivity index (χ3n) is 3.45. The highest BCUT2D eigenvalue weighted by Crippen LogP contribution is 2.49. The van der Waals surface area contributed by atoms with Crippen LogP contribution >= 0.6 is 31.7 Å². The van der Waals surface area contributed by atoms with Gasteiger partial charge in [0.05, 0.1) is 14.2 Å². The highest BCUT2D eigenvalue weighted by atomic mass is 35.5. The van der Waals surface area contributed by atoms with Gasteiger partial charge in [0.1, 0.15) is 24.6 Å². The van der Waals surface area contributed by atoms with Crippen LogP contribution in [0.5, 0.6) is 0 Å². The maximum Gasteiger partial charge on any atom is 0.434 e. The summed E-state index contributed by atoms with van der Waals surface area (Å²) in [5, 5.41) is 10.8. The summed E-state index contributed by atoms with van der Waals surface area (Å²) in [4.78, 5) is 14.1. The van der Waals surface area contributed by atoms with Crippen molar-refractivity contribution in [2.45, 2.75) is 6.61 Å². The molecule has 0 aliphatic carbocycles. The largest absolute Gasteiger partial charge is 0.450 e. The minimum atomic E-state index is -0.939. The number of hydrogen-bond acceptors (Lipinski definition) is 7. The van der Waals surface area contributed by atoms with Gasteiger partial charge < -0.3 is 19.4 Å². The van der Waals surface area contributed by atoms with E-state index in [0.717, 1.165) is 26.2 Å². The van der Waals surface area contributed by atoms with E-state index in [1.165, 1.54) is 17.9 Å². The first-order valence-corrected chi connectivity index (χ1v) is 9.91. The lowest BCUT2D eigenvalue weighted by Gasteiger charge is -2.27. The summed E-state index contributed by atoms with van der Waals surface area (Å²) in [5.74, 6) is 0.885. The normalized spacial score (nSPS) is 15.3. The number of aromatic nitrogens is 2. The fourth-order valence-corrected chi connectivity index (χ4v) is 4.83. The average molecular weight is 426 g/mol. The van der Waals surface area contributed by atoms with Crippen molar-refractivity contribution in [3.05, 3.63) is 22.0 Å². The van der Waals surface area contributed by atoms with Crippen LogP contribution in [0.15, 0.2) is 6.20 Å². The Morgan fingerprint density at radius 2 is 1.92 bits per heavy atom. The van der Waals surface area contributed by atoms with E-state index < -0.39 is 13.4 Å². The Labute approximate surface area is 164 Å². The molecule has 0 aromatic carbocycles. The first kappa shape index (κ1) is 22.9. The second kappa shape index (κ2) is 12.3. The Morgan fingerprint density at radius 3 is 2.31 bits per heavy atom. The maximum atomic E-state index is 10.8. The number of imidazole rings is 1. The Morgan fingerprint density at radius 1 is 1.38 bits per heavy atom. The van der Waals surface area contributed by atoms with Gasteiger partial charge in [-0.15, -0.1) is 23.2 Å². The van der Waals surface area contributed by atoms with Crippen LogP contribution in [0.25, 0.3) is 0 Å². The van der Waals surface area contributed by atoms with E-state index in [0.29, 0.717) is 17.5 Å². The molecule has 26 heavy (non-hydrogen) atoms. The van der Waals surface area contributed by atoms with Gasteiger partial charge in [-0.25, -0.2) is 13.9 Å². The standard InChI is InChI=1S/C11H18Cl2N5O3P.C3H4O/c1-15-10(8-14-11(15)18(19)20)9-21-22-16(4-2-12)6-7-17(22)5-3-13;1-3-4-2/h8H,2-7,9H2,1H3;1H,2H3. The minimum Gasteiger partial charge on any atom is -0.450 e. The molecule has 2 heterocycles. The number of alkyl halides is 2. The molecule has 0 spiro atoms. The number of rotatable bonds is 8. The molecule has 9 nitrogen and oxygen atoms in total. The Bertz CT molecular complexity index is 599. The van der Waals surface area contributed by atoms with Crippen molar-refractivity contribution in [3.8, 4) is 12.5 Å². The molecule has 0 N–H and O–H groups in total. The van der Waals surface area contributed by atoms with Gasteiger partial charge in [0.25, 0.3) is 0 Å². The second-order valence-electron chi connectivity index (χ2n) is 5.00. The number of nitro groups is 1. The Balaban J connectivity index is 0.000000765. The van der Waals surface area contributed by atoms with Crippen LogP contribution in [0.2, 0.25) is 0 Å². The van der Waals surface area contributed by atoms with Crippen LogP contribution in [0.1, 0.15) is 5.69 Å². The zero-order valence-corrected chi connectivity index (χ0v) is 17.1. The van der Waals surface area contributed by atoms with Crippen molar-refractivity contribution in [1.29, 1.82) is 0 Å². The molecule has 12 heteroatoms. The van der Waals surface area contributed by atoms with Gasteiger partial charge in [-0.3, -0.25) is 0 Å². The van der Waals surface area contributed by atoms with Crippen molar-refractivity contribution in [3.63, 3.8) is 0 Å². The summed E-state index contributed by atoms with van der Waals surface area (Å²) in [6.07, 6.45) is 7.96. The van der Waals surface area contributed by atoms with Crippen molar-refractivity contribution in [1.82, 2.24) is 18.9 Å². The van der Waals surface area contributed by atoms with Crippen LogP contribution in [-0.4, -0.2) is 68.9 Å². The van der Waals surface area contributed by atoms with E-state index in [2.05, 4.69) is 25.5 Å². The monoisotopic (exact) mass is 425 g/mol. The number of halogens is 2. The van der Waals surface area contributed by atoms with Gasteiger partial charge >= 0.3 is 5.95 Å². The first-order chi connectivity index (χ1) is 12.5. The molecular weight excluding hydrogens is 404 g/mol. The molecule has 0 saturated carbocycles. The predicted octanol–water partition coefficient (Wildman–Crippen LogP) is 2.39. The highest BCUT2D eigenvalue weighted by Gasteiger charge is 2.33. The van der Waals surface area contributed by atoms with E-state index in [9.17, 15) is 10.1 Å². The zero-order chi connectivity index (χ0) is 19.5. The number of methoxy groups -OCH3 is 1. The Kier molecular flexibility index (Phi) is 10.8. The summed E-state index contributed by atoms with van der Waals surface area (Å²) in [5.41, 5.74) is 0.665. The van der Waals surface area contributed by atoms with Crippen molar-refractivity contribution < 1.29 is 14.2 Å². The number of terminal acetylenes is 1. The van der Waals surface area contributed by atoms with Gasteiger partial charge in [0.2, 0.25) is 0 Å². The van der Waals surface area contributed by atoms with E-state index in [1.54, 1.807) is 7.05 Å². The van der Waals surface area contributed by atoms with E-state index in [1.807, 2.05) is 6.11 Å². The second-order valence-corrected chi connectivity index (χ2v) is 7.65. The van der Waals surface area contributed by atoms with Crippen LogP contribution in [-0.2, 0) is 22.9 Å². The van der Waals surface area contributed by atoms with E-state index in [4.69, 9.17) is 27.7 Å². The van der Waals surface area contributed by atoms with Crippen LogP contribution in [0.3, 0.4) is 0 Å². The molecule has 1 aromatic rings. The molecule has 1 saturated heterocycles. The van der Waals surface area contributed by atoms with Crippen LogP contribution in [0, 0.1) is 22.6 Å². The van der Waals surface area contributed by atoms with Gasteiger partial charge in [0, 0.05) is 37.9 Å². The SMILES string of the molecule is C#COC.Cn1c(COP2N(CCCl)CCN2CCCl)cnc1[N+](=O)[O-]. The lowest BCUT2D eigenvalue weighted by Crippen LogP contribution is -2.21. The van der Waals surface area contributed by atoms with Crippen LogP contribution in [0.4, 0.5) is 5.95 Å². The molecule has 1 fully saturated rings. The molecular formula is C14H22Cl2N5O4P. The lowest BCUT2D eigenvalue weighted by atomic mass is 10.5. The fourth-order valence-electron chi connectivity index (χ4n) is 2.20.